The van der Waals surface area contributed by atoms with Gasteiger partial charge < -0.3 is 14.0 Å². The van der Waals surface area contributed by atoms with Gasteiger partial charge in [-0.2, -0.15) is 6.07 Å². The Morgan fingerprint density at radius 2 is 1.52 bits per heavy atom. The molecule has 0 bridgehead atoms. The van der Waals surface area contributed by atoms with Gasteiger partial charge in [-0.25, -0.2) is 4.98 Å². The van der Waals surface area contributed by atoms with Crippen molar-refractivity contribution in [1.29, 1.82) is 0 Å². The first-order valence-corrected chi connectivity index (χ1v) is 16.5. The van der Waals surface area contributed by atoms with Crippen molar-refractivity contribution in [2.75, 3.05) is 4.90 Å². The maximum absolute atomic E-state index is 6.49. The molecule has 9 aromatic rings. The molecule has 0 fully saturated rings. The van der Waals surface area contributed by atoms with Gasteiger partial charge in [-0.3, -0.25) is 4.98 Å². The third-order valence-corrected chi connectivity index (χ3v) is 10.7. The molecule has 0 spiro atoms. The molecule has 48 heavy (non-hydrogen) atoms. The van der Waals surface area contributed by atoms with E-state index < -0.39 is 0 Å². The van der Waals surface area contributed by atoms with Gasteiger partial charge in [-0.05, 0) is 41.3 Å². The van der Waals surface area contributed by atoms with Crippen LogP contribution in [0.25, 0.3) is 47.5 Å². The molecule has 4 aromatic heterocycles. The zero-order valence-electron chi connectivity index (χ0n) is 26.0. The standard InChI is InChI=1S/C41H26N4OS.Pd/c1-41(2)33-13-8-18-42-40(33)45(36-24-38-31(23-34(36)41)30-12-4-6-15-37(30)47-38)25-9-7-10-26(21-25)46-27-16-17-28-29-11-3-5-14-35(29)44-20-19-43-39(44)32(28)22-27;/h3-20,23-24H,1-2H3;/q-2;+2. The number of hydrogen-bond donors (Lipinski definition) is 0. The summed E-state index contributed by atoms with van der Waals surface area (Å²) in [4.78, 5) is 11.8. The fraction of sp³-hybridized carbons (Fsp3) is 0.0732. The van der Waals surface area contributed by atoms with Gasteiger partial charge in [0.15, 0.2) is 0 Å². The fourth-order valence-electron chi connectivity index (χ4n) is 7.29. The molecular formula is C41H26N4OPdS. The summed E-state index contributed by atoms with van der Waals surface area (Å²) in [5.41, 5.74) is 6.12. The largest absolute Gasteiger partial charge is 2.00 e. The summed E-state index contributed by atoms with van der Waals surface area (Å²) < 4.78 is 11.1. The van der Waals surface area contributed by atoms with Crippen molar-refractivity contribution in [3.8, 4) is 11.5 Å². The third kappa shape index (κ3) is 4.18. The van der Waals surface area contributed by atoms with Crippen LogP contribution in [0.15, 0.2) is 122 Å². The summed E-state index contributed by atoms with van der Waals surface area (Å²) in [7, 11) is 0. The zero-order chi connectivity index (χ0) is 31.3. The molecule has 5 nitrogen and oxygen atoms in total. The van der Waals surface area contributed by atoms with Crippen LogP contribution in [0, 0.1) is 12.1 Å². The average molecular weight is 729 g/mol. The van der Waals surface area contributed by atoms with E-state index in [4.69, 9.17) is 9.72 Å². The summed E-state index contributed by atoms with van der Waals surface area (Å²) in [6, 6.07) is 43.2. The van der Waals surface area contributed by atoms with Crippen LogP contribution in [-0.4, -0.2) is 14.4 Å². The van der Waals surface area contributed by atoms with Gasteiger partial charge in [0, 0.05) is 66.8 Å². The van der Waals surface area contributed by atoms with Crippen molar-refractivity contribution in [2.24, 2.45) is 0 Å². The summed E-state index contributed by atoms with van der Waals surface area (Å²) in [5.74, 6) is 2.12. The minimum atomic E-state index is -0.247. The van der Waals surface area contributed by atoms with E-state index >= 15 is 0 Å². The molecule has 1 aliphatic rings. The number of thiophene rings is 1. The molecule has 0 N–H and O–H groups in total. The molecule has 0 saturated heterocycles. The topological polar surface area (TPSA) is 42.7 Å². The molecule has 0 amide bonds. The number of aromatic nitrogens is 3. The van der Waals surface area contributed by atoms with E-state index in [9.17, 15) is 0 Å². The fourth-order valence-corrected chi connectivity index (χ4v) is 8.41. The zero-order valence-corrected chi connectivity index (χ0v) is 28.3. The SMILES string of the molecule is CC1(C)c2cc3c(cc2N(c2[c-]c(Oc4[c-]c5c(cc4)c4ccccc4n4ccnc54)ccc2)c2ncccc21)sc1ccccc13.[Pd+2]. The molecule has 232 valence electrons. The molecule has 0 saturated carbocycles. The molecule has 0 radical (unpaired) electrons. The summed E-state index contributed by atoms with van der Waals surface area (Å²) in [5, 5.41) is 5.74. The van der Waals surface area contributed by atoms with Gasteiger partial charge in [0.2, 0.25) is 0 Å². The van der Waals surface area contributed by atoms with E-state index in [1.807, 2.05) is 54.2 Å². The maximum atomic E-state index is 6.49. The molecule has 0 aliphatic carbocycles. The number of pyridine rings is 2. The number of imidazole rings is 1. The number of benzene rings is 5. The van der Waals surface area contributed by atoms with Crippen molar-refractivity contribution < 1.29 is 25.2 Å². The Kier molecular flexibility index (Phi) is 6.51. The molecule has 1 aliphatic heterocycles. The first-order valence-electron chi connectivity index (χ1n) is 15.7. The van der Waals surface area contributed by atoms with Gasteiger partial charge in [0.25, 0.3) is 0 Å². The van der Waals surface area contributed by atoms with Crippen molar-refractivity contribution in [2.45, 2.75) is 19.3 Å². The smallest absolute Gasteiger partial charge is 0.503 e. The first-order chi connectivity index (χ1) is 23.0. The predicted octanol–water partition coefficient (Wildman–Crippen LogP) is 10.9. The second-order valence-corrected chi connectivity index (χ2v) is 13.6. The Bertz CT molecular complexity index is 2730. The van der Waals surface area contributed by atoms with Crippen molar-refractivity contribution in [3.63, 3.8) is 0 Å². The molecule has 0 unspecified atom stereocenters. The summed E-state index contributed by atoms with van der Waals surface area (Å²) in [6.45, 7) is 4.59. The number of ether oxygens (including phenoxy) is 1. The summed E-state index contributed by atoms with van der Waals surface area (Å²) >= 11 is 1.83. The van der Waals surface area contributed by atoms with Crippen LogP contribution >= 0.6 is 11.3 Å². The molecular weight excluding hydrogens is 703 g/mol. The molecule has 5 aromatic carbocycles. The molecule has 7 heteroatoms. The predicted molar refractivity (Wildman–Crippen MR) is 192 cm³/mol. The Morgan fingerprint density at radius 3 is 2.44 bits per heavy atom. The van der Waals surface area contributed by atoms with Crippen LogP contribution in [0.5, 0.6) is 11.5 Å². The molecule has 5 heterocycles. The van der Waals surface area contributed by atoms with Crippen molar-refractivity contribution in [1.82, 2.24) is 14.4 Å². The van der Waals surface area contributed by atoms with Crippen LogP contribution in [0.2, 0.25) is 0 Å². The van der Waals surface area contributed by atoms with E-state index in [0.29, 0.717) is 11.5 Å². The first kappa shape index (κ1) is 29.1. The van der Waals surface area contributed by atoms with Gasteiger partial charge in [0.1, 0.15) is 5.82 Å². The number of para-hydroxylation sites is 1. The van der Waals surface area contributed by atoms with Crippen molar-refractivity contribution >= 4 is 76.0 Å². The summed E-state index contributed by atoms with van der Waals surface area (Å²) in [6.07, 6.45) is 5.69. The Labute approximate surface area is 294 Å². The second kappa shape index (κ2) is 10.7. The monoisotopic (exact) mass is 728 g/mol. The third-order valence-electron chi connectivity index (χ3n) is 9.53. The average Bonchev–Trinajstić information content (AvgIpc) is 3.74. The molecule has 10 rings (SSSR count). The second-order valence-electron chi connectivity index (χ2n) is 12.6. The van der Waals surface area contributed by atoms with E-state index in [1.54, 1.807) is 0 Å². The van der Waals surface area contributed by atoms with Gasteiger partial charge in [0.05, 0.1) is 11.3 Å². The van der Waals surface area contributed by atoms with E-state index in [-0.39, 0.29) is 25.8 Å². The number of anilines is 3. The minimum Gasteiger partial charge on any atom is -0.503 e. The minimum absolute atomic E-state index is 0. The van der Waals surface area contributed by atoms with E-state index in [1.165, 1.54) is 31.3 Å². The van der Waals surface area contributed by atoms with Crippen LogP contribution in [0.1, 0.15) is 25.0 Å². The van der Waals surface area contributed by atoms with Crippen LogP contribution < -0.4 is 9.64 Å². The maximum Gasteiger partial charge on any atom is 2.00 e. The number of hydrogen-bond acceptors (Lipinski definition) is 5. The Morgan fingerprint density at radius 1 is 0.688 bits per heavy atom. The Balaban J connectivity index is 0.00000314. The quantitative estimate of drug-likeness (QED) is 0.103. The number of nitrogens with zero attached hydrogens (tertiary/aromatic N) is 4. The van der Waals surface area contributed by atoms with Crippen LogP contribution in [-0.2, 0) is 25.8 Å². The van der Waals surface area contributed by atoms with E-state index in [0.717, 1.165) is 44.5 Å². The van der Waals surface area contributed by atoms with Gasteiger partial charge >= 0.3 is 20.4 Å². The van der Waals surface area contributed by atoms with Crippen LogP contribution in [0.4, 0.5) is 17.2 Å². The van der Waals surface area contributed by atoms with Crippen molar-refractivity contribution in [3.05, 3.63) is 145 Å². The van der Waals surface area contributed by atoms with Gasteiger partial charge in [-0.15, -0.1) is 41.7 Å². The molecule has 0 atom stereocenters. The normalized spacial score (nSPS) is 13.6. The number of fused-ring (bicyclic) bond motifs is 11. The van der Waals surface area contributed by atoms with Crippen LogP contribution in [0.3, 0.4) is 0 Å². The Hall–Kier alpha value is -5.06. The number of rotatable bonds is 3. The van der Waals surface area contributed by atoms with Gasteiger partial charge in [-0.1, -0.05) is 78.8 Å². The van der Waals surface area contributed by atoms with E-state index in [2.05, 4.69) is 119 Å².